The van der Waals surface area contributed by atoms with E-state index in [0.29, 0.717) is 34.6 Å². The highest BCUT2D eigenvalue weighted by atomic mass is 16.5. The van der Waals surface area contributed by atoms with E-state index < -0.39 is 0 Å². The second-order valence-corrected chi connectivity index (χ2v) is 9.32. The van der Waals surface area contributed by atoms with Crippen molar-refractivity contribution < 1.29 is 9.53 Å². The van der Waals surface area contributed by atoms with Crippen LogP contribution >= 0.6 is 0 Å². The van der Waals surface area contributed by atoms with Gasteiger partial charge in [-0.2, -0.15) is 0 Å². The normalized spacial score (nSPS) is 11.4. The lowest BCUT2D eigenvalue weighted by atomic mass is 9.87. The van der Waals surface area contributed by atoms with E-state index in [0.717, 1.165) is 16.6 Å². The molecule has 0 fully saturated rings. The van der Waals surface area contributed by atoms with E-state index in [1.807, 2.05) is 84.3 Å². The van der Waals surface area contributed by atoms with Crippen LogP contribution in [0.4, 0.5) is 5.82 Å². The molecule has 4 rings (SSSR count). The van der Waals surface area contributed by atoms with Crippen molar-refractivity contribution in [3.8, 4) is 16.9 Å². The van der Waals surface area contributed by atoms with Crippen LogP contribution in [0.1, 0.15) is 43.6 Å². The highest BCUT2D eigenvalue weighted by molar-refractivity contribution is 6.07. The Bertz CT molecular complexity index is 1390. The number of hydrogen-bond acceptors (Lipinski definition) is 3. The number of ether oxygens (including phenoxy) is 1. The van der Waals surface area contributed by atoms with Crippen LogP contribution in [0.25, 0.3) is 22.0 Å². The zero-order valence-corrected chi connectivity index (χ0v) is 20.3. The Balaban J connectivity index is 1.88. The highest BCUT2D eigenvalue weighted by Crippen LogP contribution is 2.31. The number of aryl methyl sites for hydroxylation is 1. The second-order valence-electron chi connectivity index (χ2n) is 9.32. The lowest BCUT2D eigenvalue weighted by Gasteiger charge is -2.21. The molecule has 34 heavy (non-hydrogen) atoms. The van der Waals surface area contributed by atoms with Gasteiger partial charge in [0.15, 0.2) is 5.43 Å². The SMILES string of the molecule is CCn1c(NC(=O)c2ccc(C(C)(C)C)cc2)c(-c2ccc(OC)cc2)c(=O)c2ccccc21. The number of rotatable bonds is 5. The van der Waals surface area contributed by atoms with Gasteiger partial charge in [0.05, 0.1) is 18.2 Å². The summed E-state index contributed by atoms with van der Waals surface area (Å²) in [5.41, 5.74) is 3.53. The monoisotopic (exact) mass is 454 g/mol. The first-order chi connectivity index (χ1) is 16.2. The van der Waals surface area contributed by atoms with Crippen molar-refractivity contribution in [1.82, 2.24) is 4.57 Å². The molecule has 1 aromatic heterocycles. The minimum Gasteiger partial charge on any atom is -0.497 e. The molecule has 0 atom stereocenters. The number of pyridine rings is 1. The number of amides is 1. The van der Waals surface area contributed by atoms with Gasteiger partial charge >= 0.3 is 0 Å². The molecular formula is C29H30N2O3. The van der Waals surface area contributed by atoms with E-state index in [4.69, 9.17) is 4.74 Å². The Labute approximate surface area is 200 Å². The molecule has 0 saturated carbocycles. The fraction of sp³-hybridized carbons (Fsp3) is 0.241. The number of nitrogens with zero attached hydrogens (tertiary/aromatic N) is 1. The Morgan fingerprint density at radius 3 is 2.18 bits per heavy atom. The molecule has 1 N–H and O–H groups in total. The minimum atomic E-state index is -0.257. The van der Waals surface area contributed by atoms with Crippen LogP contribution in [0.5, 0.6) is 5.75 Å². The van der Waals surface area contributed by atoms with Crippen molar-refractivity contribution in [1.29, 1.82) is 0 Å². The van der Waals surface area contributed by atoms with Gasteiger partial charge in [0.1, 0.15) is 11.6 Å². The molecule has 0 aliphatic heterocycles. The summed E-state index contributed by atoms with van der Waals surface area (Å²) in [7, 11) is 1.60. The standard InChI is InChI=1S/C29H30N2O3/c1-6-31-24-10-8-7-9-23(24)26(32)25(19-13-17-22(34-5)18-14-19)27(31)30-28(33)20-11-15-21(16-12-20)29(2,3)4/h7-18H,6H2,1-5H3,(H,30,33). The zero-order valence-electron chi connectivity index (χ0n) is 20.3. The summed E-state index contributed by atoms with van der Waals surface area (Å²) in [5, 5.41) is 3.67. The maximum absolute atomic E-state index is 13.6. The molecule has 0 saturated heterocycles. The van der Waals surface area contributed by atoms with Crippen molar-refractivity contribution in [2.24, 2.45) is 0 Å². The average Bonchev–Trinajstić information content (AvgIpc) is 2.84. The summed E-state index contributed by atoms with van der Waals surface area (Å²) in [6, 6.07) is 22.4. The number of fused-ring (bicyclic) bond motifs is 1. The molecule has 0 aliphatic rings. The smallest absolute Gasteiger partial charge is 0.256 e. The summed E-state index contributed by atoms with van der Waals surface area (Å²) in [4.78, 5) is 27.0. The number of anilines is 1. The van der Waals surface area contributed by atoms with Gasteiger partial charge in [-0.1, -0.05) is 57.2 Å². The zero-order chi connectivity index (χ0) is 24.5. The second kappa shape index (κ2) is 9.18. The van der Waals surface area contributed by atoms with Crippen LogP contribution in [0.2, 0.25) is 0 Å². The number of benzene rings is 3. The van der Waals surface area contributed by atoms with Crippen molar-refractivity contribution in [3.05, 3.63) is 94.1 Å². The predicted molar refractivity (Wildman–Crippen MR) is 139 cm³/mol. The largest absolute Gasteiger partial charge is 0.497 e. The Hall–Kier alpha value is -3.86. The van der Waals surface area contributed by atoms with E-state index in [1.165, 1.54) is 0 Å². The van der Waals surface area contributed by atoms with E-state index in [2.05, 4.69) is 26.1 Å². The first kappa shape index (κ1) is 23.3. The van der Waals surface area contributed by atoms with Gasteiger partial charge in [0.25, 0.3) is 5.91 Å². The number of nitrogens with one attached hydrogen (secondary N) is 1. The summed E-state index contributed by atoms with van der Waals surface area (Å²) in [6.07, 6.45) is 0. The number of carbonyl (C=O) groups excluding carboxylic acids is 1. The summed E-state index contributed by atoms with van der Waals surface area (Å²) in [6.45, 7) is 9.00. The van der Waals surface area contributed by atoms with E-state index >= 15 is 0 Å². The fourth-order valence-corrected chi connectivity index (χ4v) is 4.18. The maximum Gasteiger partial charge on any atom is 0.256 e. The van der Waals surface area contributed by atoms with Gasteiger partial charge in [-0.3, -0.25) is 9.59 Å². The number of para-hydroxylation sites is 1. The number of carbonyl (C=O) groups is 1. The van der Waals surface area contributed by atoms with Crippen molar-refractivity contribution in [2.45, 2.75) is 39.7 Å². The van der Waals surface area contributed by atoms with Crippen LogP contribution in [-0.2, 0) is 12.0 Å². The highest BCUT2D eigenvalue weighted by Gasteiger charge is 2.21. The first-order valence-electron chi connectivity index (χ1n) is 11.5. The average molecular weight is 455 g/mol. The van der Waals surface area contributed by atoms with Crippen molar-refractivity contribution in [3.63, 3.8) is 0 Å². The molecule has 4 aromatic rings. The molecule has 0 aliphatic carbocycles. The van der Waals surface area contributed by atoms with E-state index in [-0.39, 0.29) is 16.8 Å². The molecule has 0 spiro atoms. The van der Waals surface area contributed by atoms with Gasteiger partial charge in [-0.15, -0.1) is 0 Å². The molecular weight excluding hydrogens is 424 g/mol. The van der Waals surface area contributed by atoms with E-state index in [1.54, 1.807) is 7.11 Å². The maximum atomic E-state index is 13.6. The molecule has 3 aromatic carbocycles. The van der Waals surface area contributed by atoms with Gasteiger partial charge in [0.2, 0.25) is 0 Å². The third-order valence-electron chi connectivity index (χ3n) is 6.11. The molecule has 174 valence electrons. The van der Waals surface area contributed by atoms with Crippen LogP contribution in [0.15, 0.2) is 77.6 Å². The first-order valence-corrected chi connectivity index (χ1v) is 11.5. The van der Waals surface area contributed by atoms with Gasteiger partial charge in [-0.05, 0) is 59.9 Å². The van der Waals surface area contributed by atoms with Crippen LogP contribution in [0.3, 0.4) is 0 Å². The molecule has 0 radical (unpaired) electrons. The number of aromatic nitrogens is 1. The van der Waals surface area contributed by atoms with E-state index in [9.17, 15) is 9.59 Å². The fourth-order valence-electron chi connectivity index (χ4n) is 4.18. The molecule has 0 unspecified atom stereocenters. The van der Waals surface area contributed by atoms with Gasteiger partial charge in [-0.25, -0.2) is 0 Å². The summed E-state index contributed by atoms with van der Waals surface area (Å²) < 4.78 is 7.27. The third-order valence-corrected chi connectivity index (χ3v) is 6.11. The third kappa shape index (κ3) is 4.34. The molecule has 5 heteroatoms. The molecule has 0 bridgehead atoms. The quantitative estimate of drug-likeness (QED) is 0.388. The summed E-state index contributed by atoms with van der Waals surface area (Å²) in [5.74, 6) is 0.929. The molecule has 5 nitrogen and oxygen atoms in total. The van der Waals surface area contributed by atoms with Crippen molar-refractivity contribution >= 4 is 22.6 Å². The molecule has 1 amide bonds. The van der Waals surface area contributed by atoms with Crippen molar-refractivity contribution in [2.75, 3.05) is 12.4 Å². The number of hydrogen-bond donors (Lipinski definition) is 1. The molecule has 1 heterocycles. The van der Waals surface area contributed by atoms with Crippen LogP contribution in [0, 0.1) is 0 Å². The minimum absolute atomic E-state index is 0.00240. The Morgan fingerprint density at radius 2 is 1.59 bits per heavy atom. The Kier molecular flexibility index (Phi) is 6.29. The lowest BCUT2D eigenvalue weighted by molar-refractivity contribution is 0.102. The van der Waals surface area contributed by atoms with Gasteiger partial charge in [0, 0.05) is 17.5 Å². The van der Waals surface area contributed by atoms with Crippen LogP contribution in [-0.4, -0.2) is 17.6 Å². The summed E-state index contributed by atoms with van der Waals surface area (Å²) >= 11 is 0. The topological polar surface area (TPSA) is 60.3 Å². The number of methoxy groups -OCH3 is 1. The Morgan fingerprint density at radius 1 is 0.941 bits per heavy atom. The predicted octanol–water partition coefficient (Wildman–Crippen LogP) is 6.25. The van der Waals surface area contributed by atoms with Crippen LogP contribution < -0.4 is 15.5 Å². The lowest BCUT2D eigenvalue weighted by Crippen LogP contribution is -2.22. The van der Waals surface area contributed by atoms with Gasteiger partial charge < -0.3 is 14.6 Å².